The van der Waals surface area contributed by atoms with Gasteiger partial charge in [0, 0.05) is 63.9 Å². The van der Waals surface area contributed by atoms with Gasteiger partial charge in [-0.3, -0.25) is 19.5 Å². The van der Waals surface area contributed by atoms with Crippen LogP contribution in [0.25, 0.3) is 0 Å². The molecule has 0 radical (unpaired) electrons. The first-order valence-corrected chi connectivity index (χ1v) is 9.16. The van der Waals surface area contributed by atoms with Gasteiger partial charge in [0.25, 0.3) is 11.5 Å². The van der Waals surface area contributed by atoms with Crippen LogP contribution in [0.1, 0.15) is 28.9 Å². The molecule has 7 heteroatoms. The normalized spacial score (nSPS) is 18.1. The Bertz CT molecular complexity index is 823. The molecule has 2 aromatic heterocycles. The van der Waals surface area contributed by atoms with Crippen molar-refractivity contribution in [2.75, 3.05) is 26.2 Å². The fraction of sp³-hybridized carbons (Fsp3) is 0.474. The predicted octanol–water partition coefficient (Wildman–Crippen LogP) is 1.01. The number of carbonyl (C=O) groups is 1. The number of piperazine rings is 1. The van der Waals surface area contributed by atoms with E-state index in [-0.39, 0.29) is 11.5 Å². The summed E-state index contributed by atoms with van der Waals surface area (Å²) in [5, 5.41) is 0. The molecule has 26 heavy (non-hydrogen) atoms. The van der Waals surface area contributed by atoms with Crippen LogP contribution in [-0.2, 0) is 13.1 Å². The summed E-state index contributed by atoms with van der Waals surface area (Å²) in [5.74, 6) is 0.620. The van der Waals surface area contributed by atoms with Crippen molar-refractivity contribution in [2.24, 2.45) is 5.92 Å². The van der Waals surface area contributed by atoms with E-state index in [0.717, 1.165) is 31.7 Å². The number of rotatable bonds is 5. The molecule has 1 saturated carbocycles. The maximum absolute atomic E-state index is 12.4. The second kappa shape index (κ2) is 7.37. The molecule has 1 aliphatic heterocycles. The molecule has 0 bridgehead atoms. The molecule has 0 N–H and O–H groups in total. The average Bonchev–Trinajstić information content (AvgIpc) is 3.49. The average molecular weight is 353 g/mol. The van der Waals surface area contributed by atoms with E-state index < -0.39 is 0 Å². The van der Waals surface area contributed by atoms with E-state index in [0.29, 0.717) is 24.7 Å². The van der Waals surface area contributed by atoms with Crippen LogP contribution in [0.5, 0.6) is 0 Å². The van der Waals surface area contributed by atoms with E-state index in [1.54, 1.807) is 18.5 Å². The zero-order valence-corrected chi connectivity index (χ0v) is 14.8. The first-order valence-electron chi connectivity index (χ1n) is 9.16. The van der Waals surface area contributed by atoms with Crippen LogP contribution in [0.15, 0.2) is 41.7 Å². The lowest BCUT2D eigenvalue weighted by Crippen LogP contribution is -2.48. The number of nitrogens with zero attached hydrogens (tertiary/aromatic N) is 5. The number of aromatic nitrogens is 3. The lowest BCUT2D eigenvalue weighted by Gasteiger charge is -2.34. The van der Waals surface area contributed by atoms with Crippen LogP contribution in [0.4, 0.5) is 0 Å². The highest BCUT2D eigenvalue weighted by atomic mass is 16.2. The van der Waals surface area contributed by atoms with Gasteiger partial charge in [0.2, 0.25) is 0 Å². The second-order valence-electron chi connectivity index (χ2n) is 7.13. The van der Waals surface area contributed by atoms with Gasteiger partial charge in [-0.1, -0.05) is 6.07 Å². The van der Waals surface area contributed by atoms with Crippen molar-refractivity contribution in [1.82, 2.24) is 24.3 Å². The Hall–Kier alpha value is -2.54. The quantitative estimate of drug-likeness (QED) is 0.802. The maximum Gasteiger partial charge on any atom is 0.274 e. The van der Waals surface area contributed by atoms with E-state index in [9.17, 15) is 9.59 Å². The van der Waals surface area contributed by atoms with E-state index >= 15 is 0 Å². The molecule has 3 heterocycles. The van der Waals surface area contributed by atoms with Gasteiger partial charge in [0.05, 0.1) is 6.20 Å². The Labute approximate surface area is 152 Å². The van der Waals surface area contributed by atoms with E-state index in [2.05, 4.69) is 14.9 Å². The van der Waals surface area contributed by atoms with Gasteiger partial charge in [-0.05, 0) is 24.3 Å². The van der Waals surface area contributed by atoms with Crippen molar-refractivity contribution < 1.29 is 4.79 Å². The fourth-order valence-electron chi connectivity index (χ4n) is 3.33. The smallest absolute Gasteiger partial charge is 0.274 e. The Morgan fingerprint density at radius 1 is 1.12 bits per heavy atom. The van der Waals surface area contributed by atoms with Crippen molar-refractivity contribution in [3.05, 3.63) is 58.5 Å². The summed E-state index contributed by atoms with van der Waals surface area (Å²) >= 11 is 0. The van der Waals surface area contributed by atoms with Crippen molar-refractivity contribution >= 4 is 5.91 Å². The molecule has 2 aromatic rings. The lowest BCUT2D eigenvalue weighted by atomic mass is 10.2. The number of hydrogen-bond acceptors (Lipinski definition) is 5. The molecular formula is C19H23N5O2. The van der Waals surface area contributed by atoms with Crippen molar-refractivity contribution in [3.63, 3.8) is 0 Å². The van der Waals surface area contributed by atoms with Crippen LogP contribution in [0.2, 0.25) is 0 Å². The number of carbonyl (C=O) groups excluding carboxylic acids is 1. The van der Waals surface area contributed by atoms with Crippen LogP contribution < -0.4 is 5.56 Å². The first-order chi connectivity index (χ1) is 12.7. The molecule has 2 aliphatic rings. The molecule has 136 valence electrons. The summed E-state index contributed by atoms with van der Waals surface area (Å²) in [6.07, 6.45) is 9.09. The molecule has 0 unspecified atom stereocenters. The summed E-state index contributed by atoms with van der Waals surface area (Å²) < 4.78 is 1.85. The Morgan fingerprint density at radius 2 is 1.92 bits per heavy atom. The Balaban J connectivity index is 1.34. The van der Waals surface area contributed by atoms with E-state index in [1.807, 2.05) is 21.7 Å². The third-order valence-electron chi connectivity index (χ3n) is 5.04. The van der Waals surface area contributed by atoms with Gasteiger partial charge >= 0.3 is 0 Å². The van der Waals surface area contributed by atoms with Gasteiger partial charge in [0.15, 0.2) is 0 Å². The van der Waals surface area contributed by atoms with Gasteiger partial charge < -0.3 is 9.47 Å². The highest BCUT2D eigenvalue weighted by Crippen LogP contribution is 2.30. The fourth-order valence-corrected chi connectivity index (χ4v) is 3.33. The third kappa shape index (κ3) is 3.99. The highest BCUT2D eigenvalue weighted by Gasteiger charge is 2.24. The molecule has 1 amide bonds. The molecular weight excluding hydrogens is 330 g/mol. The number of amides is 1. The Kier molecular flexibility index (Phi) is 4.79. The minimum Gasteiger partial charge on any atom is -0.335 e. The molecule has 0 aromatic carbocycles. The minimum absolute atomic E-state index is 0.0595. The van der Waals surface area contributed by atoms with Gasteiger partial charge in [-0.15, -0.1) is 0 Å². The first kappa shape index (κ1) is 16.9. The SMILES string of the molecule is O=C(c1cnccn1)N1CCN(Cc2ccc(=O)n(CC3CC3)c2)CC1. The summed E-state index contributed by atoms with van der Waals surface area (Å²) in [6.45, 7) is 4.63. The van der Waals surface area contributed by atoms with E-state index in [4.69, 9.17) is 0 Å². The van der Waals surface area contributed by atoms with Crippen LogP contribution in [0, 0.1) is 5.92 Å². The molecule has 0 atom stereocenters. The molecule has 4 rings (SSSR count). The van der Waals surface area contributed by atoms with Crippen LogP contribution in [0.3, 0.4) is 0 Å². The monoisotopic (exact) mass is 353 g/mol. The lowest BCUT2D eigenvalue weighted by molar-refractivity contribution is 0.0622. The largest absolute Gasteiger partial charge is 0.335 e. The van der Waals surface area contributed by atoms with Crippen molar-refractivity contribution in [3.8, 4) is 0 Å². The predicted molar refractivity (Wildman–Crippen MR) is 96.6 cm³/mol. The van der Waals surface area contributed by atoms with Gasteiger partial charge in [-0.25, -0.2) is 4.98 Å². The summed E-state index contributed by atoms with van der Waals surface area (Å²) in [7, 11) is 0. The second-order valence-corrected chi connectivity index (χ2v) is 7.13. The zero-order valence-electron chi connectivity index (χ0n) is 14.8. The minimum atomic E-state index is -0.0595. The molecule has 0 spiro atoms. The zero-order chi connectivity index (χ0) is 17.9. The molecule has 1 saturated heterocycles. The van der Waals surface area contributed by atoms with Crippen molar-refractivity contribution in [2.45, 2.75) is 25.9 Å². The van der Waals surface area contributed by atoms with Crippen molar-refractivity contribution in [1.29, 1.82) is 0 Å². The Morgan fingerprint density at radius 3 is 2.62 bits per heavy atom. The summed E-state index contributed by atoms with van der Waals surface area (Å²) in [5.41, 5.74) is 1.63. The third-order valence-corrected chi connectivity index (χ3v) is 5.04. The topological polar surface area (TPSA) is 71.3 Å². The van der Waals surface area contributed by atoms with E-state index in [1.165, 1.54) is 19.0 Å². The molecule has 1 aliphatic carbocycles. The molecule has 7 nitrogen and oxygen atoms in total. The standard InChI is InChI=1S/C19H23N5O2/c25-18-4-3-16(14-24(18)13-15-1-2-15)12-22-7-9-23(10-8-22)19(26)17-11-20-5-6-21-17/h3-6,11,14-15H,1-2,7-10,12-13H2. The van der Waals surface area contributed by atoms with Crippen LogP contribution >= 0.6 is 0 Å². The van der Waals surface area contributed by atoms with Gasteiger partial charge in [0.1, 0.15) is 5.69 Å². The number of pyridine rings is 1. The maximum atomic E-state index is 12.4. The number of hydrogen-bond donors (Lipinski definition) is 0. The van der Waals surface area contributed by atoms with Gasteiger partial charge in [-0.2, -0.15) is 0 Å². The highest BCUT2D eigenvalue weighted by molar-refractivity contribution is 5.92. The molecule has 2 fully saturated rings. The summed E-state index contributed by atoms with van der Waals surface area (Å²) in [6, 6.07) is 3.59. The summed E-state index contributed by atoms with van der Waals surface area (Å²) in [4.78, 5) is 36.6. The van der Waals surface area contributed by atoms with Crippen LogP contribution in [-0.4, -0.2) is 56.4 Å².